The Morgan fingerprint density at radius 1 is 1.31 bits per heavy atom. The van der Waals surface area contributed by atoms with Crippen LogP contribution in [0.15, 0.2) is 47.6 Å². The molecule has 7 nitrogen and oxygen atoms in total. The molecular formula is C19H19N5O2. The van der Waals surface area contributed by atoms with Gasteiger partial charge in [0, 0.05) is 18.9 Å². The average molecular weight is 349 g/mol. The number of nitrogens with two attached hydrogens (primary N) is 1. The van der Waals surface area contributed by atoms with Crippen LogP contribution < -0.4 is 11.1 Å². The quantitative estimate of drug-likeness (QED) is 0.861. The summed E-state index contributed by atoms with van der Waals surface area (Å²) in [5, 5.41) is 2.86. The SMILES string of the molecule is CN1C(=O)CC2(CCc3ccc(NC(=O)c4ccccn4)cc32)N=C1N. The van der Waals surface area contributed by atoms with Crippen molar-refractivity contribution in [2.24, 2.45) is 10.7 Å². The molecule has 3 N–H and O–H groups in total. The van der Waals surface area contributed by atoms with Crippen molar-refractivity contribution in [2.75, 3.05) is 12.4 Å². The molecule has 1 aliphatic heterocycles. The van der Waals surface area contributed by atoms with Gasteiger partial charge in [-0.25, -0.2) is 4.99 Å². The summed E-state index contributed by atoms with van der Waals surface area (Å²) in [6, 6.07) is 10.9. The van der Waals surface area contributed by atoms with E-state index in [1.807, 2.05) is 18.2 Å². The number of hydrogen-bond donors (Lipinski definition) is 2. The van der Waals surface area contributed by atoms with E-state index < -0.39 is 5.54 Å². The van der Waals surface area contributed by atoms with Crippen molar-refractivity contribution in [3.05, 3.63) is 59.4 Å². The highest BCUT2D eigenvalue weighted by atomic mass is 16.2. The van der Waals surface area contributed by atoms with Gasteiger partial charge in [0.05, 0.1) is 12.0 Å². The van der Waals surface area contributed by atoms with Crippen molar-refractivity contribution in [2.45, 2.75) is 24.8 Å². The Kier molecular flexibility index (Phi) is 3.72. The average Bonchev–Trinajstić information content (AvgIpc) is 2.98. The Morgan fingerprint density at radius 2 is 2.15 bits per heavy atom. The second-order valence-corrected chi connectivity index (χ2v) is 6.67. The maximum absolute atomic E-state index is 12.3. The lowest BCUT2D eigenvalue weighted by atomic mass is 9.87. The molecular weight excluding hydrogens is 330 g/mol. The zero-order valence-corrected chi connectivity index (χ0v) is 14.4. The lowest BCUT2D eigenvalue weighted by molar-refractivity contribution is -0.128. The highest BCUT2D eigenvalue weighted by Crippen LogP contribution is 2.45. The van der Waals surface area contributed by atoms with Crippen LogP contribution in [0, 0.1) is 0 Å². The third kappa shape index (κ3) is 2.61. The van der Waals surface area contributed by atoms with Crippen LogP contribution in [0.1, 0.15) is 34.5 Å². The van der Waals surface area contributed by atoms with Gasteiger partial charge in [-0.1, -0.05) is 12.1 Å². The Morgan fingerprint density at radius 3 is 2.88 bits per heavy atom. The van der Waals surface area contributed by atoms with Gasteiger partial charge in [0.25, 0.3) is 5.91 Å². The van der Waals surface area contributed by atoms with Crippen molar-refractivity contribution in [1.82, 2.24) is 9.88 Å². The van der Waals surface area contributed by atoms with Crippen LogP contribution in [0.25, 0.3) is 0 Å². The van der Waals surface area contributed by atoms with Crippen molar-refractivity contribution in [1.29, 1.82) is 0 Å². The van der Waals surface area contributed by atoms with Crippen LogP contribution in [0.5, 0.6) is 0 Å². The van der Waals surface area contributed by atoms with Crippen molar-refractivity contribution < 1.29 is 9.59 Å². The number of rotatable bonds is 2. The molecule has 0 bridgehead atoms. The minimum Gasteiger partial charge on any atom is -0.369 e. The molecule has 4 rings (SSSR count). The zero-order chi connectivity index (χ0) is 18.3. The second-order valence-electron chi connectivity index (χ2n) is 6.67. The molecule has 1 aromatic heterocycles. The van der Waals surface area contributed by atoms with E-state index >= 15 is 0 Å². The van der Waals surface area contributed by atoms with Crippen LogP contribution in [0.4, 0.5) is 5.69 Å². The first-order valence-electron chi connectivity index (χ1n) is 8.46. The van der Waals surface area contributed by atoms with Gasteiger partial charge in [-0.15, -0.1) is 0 Å². The smallest absolute Gasteiger partial charge is 0.274 e. The van der Waals surface area contributed by atoms with Gasteiger partial charge in [0.2, 0.25) is 5.91 Å². The van der Waals surface area contributed by atoms with Gasteiger partial charge in [-0.2, -0.15) is 0 Å². The number of aryl methyl sites for hydroxylation is 1. The molecule has 2 heterocycles. The zero-order valence-electron chi connectivity index (χ0n) is 14.4. The highest BCUT2D eigenvalue weighted by Gasteiger charge is 2.44. The van der Waals surface area contributed by atoms with Gasteiger partial charge in [-0.05, 0) is 48.2 Å². The van der Waals surface area contributed by atoms with Gasteiger partial charge in [0.15, 0.2) is 5.96 Å². The largest absolute Gasteiger partial charge is 0.369 e. The summed E-state index contributed by atoms with van der Waals surface area (Å²) in [5.74, 6) is -0.0923. The fourth-order valence-corrected chi connectivity index (χ4v) is 3.60. The Labute approximate surface area is 150 Å². The number of guanidine groups is 1. The number of nitrogens with one attached hydrogen (secondary N) is 1. The first kappa shape index (κ1) is 16.3. The van der Waals surface area contributed by atoms with E-state index in [4.69, 9.17) is 5.73 Å². The molecule has 2 aromatic rings. The Balaban J connectivity index is 1.67. The highest BCUT2D eigenvalue weighted by molar-refractivity contribution is 6.03. The van der Waals surface area contributed by atoms with Gasteiger partial charge >= 0.3 is 0 Å². The number of carbonyl (C=O) groups excluding carboxylic acids is 2. The summed E-state index contributed by atoms with van der Waals surface area (Å²) in [4.78, 5) is 34.7. The number of aliphatic imine (C=N–C) groups is 1. The molecule has 1 aliphatic carbocycles. The molecule has 0 saturated carbocycles. The molecule has 132 valence electrons. The van der Waals surface area contributed by atoms with Gasteiger partial charge < -0.3 is 11.1 Å². The van der Waals surface area contributed by atoms with Gasteiger partial charge in [-0.3, -0.25) is 19.5 Å². The number of hydrogen-bond acceptors (Lipinski definition) is 5. The molecule has 1 spiro atoms. The third-order valence-corrected chi connectivity index (χ3v) is 5.06. The molecule has 1 unspecified atom stereocenters. The standard InChI is InChI=1S/C19H19N5O2/c1-24-16(25)11-19(23-18(24)20)8-7-12-5-6-13(10-14(12)19)22-17(26)15-4-2-3-9-21-15/h2-6,9-10H,7-8,11H2,1H3,(H2,20,23)(H,22,26). The number of aromatic nitrogens is 1. The van der Waals surface area contributed by atoms with Crippen LogP contribution in [-0.2, 0) is 16.8 Å². The summed E-state index contributed by atoms with van der Waals surface area (Å²) >= 11 is 0. The first-order valence-corrected chi connectivity index (χ1v) is 8.46. The van der Waals surface area contributed by atoms with E-state index in [0.717, 1.165) is 24.0 Å². The summed E-state index contributed by atoms with van der Waals surface area (Å²) in [5.41, 5.74) is 8.42. The number of carbonyl (C=O) groups is 2. The Bertz CT molecular complexity index is 925. The van der Waals surface area contributed by atoms with E-state index in [1.165, 1.54) is 4.90 Å². The number of nitrogens with zero attached hydrogens (tertiary/aromatic N) is 3. The minimum absolute atomic E-state index is 0.0479. The lowest BCUT2D eigenvalue weighted by Gasteiger charge is -2.34. The lowest BCUT2D eigenvalue weighted by Crippen LogP contribution is -2.47. The summed E-state index contributed by atoms with van der Waals surface area (Å²) in [7, 11) is 1.63. The maximum atomic E-state index is 12.3. The van der Waals surface area contributed by atoms with Crippen LogP contribution in [-0.4, -0.2) is 34.7 Å². The van der Waals surface area contributed by atoms with E-state index in [2.05, 4.69) is 15.3 Å². The fourth-order valence-electron chi connectivity index (χ4n) is 3.60. The molecule has 26 heavy (non-hydrogen) atoms. The molecule has 2 amide bonds. The topological polar surface area (TPSA) is 101 Å². The number of pyridine rings is 1. The molecule has 2 aliphatic rings. The minimum atomic E-state index is -0.630. The maximum Gasteiger partial charge on any atom is 0.274 e. The van der Waals surface area contributed by atoms with E-state index in [9.17, 15) is 9.59 Å². The predicted octanol–water partition coefficient (Wildman–Crippen LogP) is 1.65. The van der Waals surface area contributed by atoms with Crippen molar-refractivity contribution in [3.63, 3.8) is 0 Å². The molecule has 0 radical (unpaired) electrons. The third-order valence-electron chi connectivity index (χ3n) is 5.06. The Hall–Kier alpha value is -3.22. The number of amides is 2. The fraction of sp³-hybridized carbons (Fsp3) is 0.263. The summed E-state index contributed by atoms with van der Waals surface area (Å²) < 4.78 is 0. The number of benzene rings is 1. The second kappa shape index (κ2) is 5.94. The monoisotopic (exact) mass is 349 g/mol. The van der Waals surface area contributed by atoms with E-state index in [-0.39, 0.29) is 24.2 Å². The first-order chi connectivity index (χ1) is 12.5. The van der Waals surface area contributed by atoms with Crippen molar-refractivity contribution >= 4 is 23.5 Å². The van der Waals surface area contributed by atoms with E-state index in [1.54, 1.807) is 31.4 Å². The number of anilines is 1. The van der Waals surface area contributed by atoms with Gasteiger partial charge in [0.1, 0.15) is 5.69 Å². The molecule has 0 saturated heterocycles. The molecule has 1 aromatic carbocycles. The molecule has 1 atom stereocenters. The molecule has 0 fully saturated rings. The number of fused-ring (bicyclic) bond motifs is 2. The predicted molar refractivity (Wildman–Crippen MR) is 97.6 cm³/mol. The normalized spacial score (nSPS) is 21.5. The summed E-state index contributed by atoms with van der Waals surface area (Å²) in [6.45, 7) is 0. The van der Waals surface area contributed by atoms with Crippen LogP contribution in [0.3, 0.4) is 0 Å². The molecule has 7 heteroatoms. The van der Waals surface area contributed by atoms with Crippen LogP contribution in [0.2, 0.25) is 0 Å². The van der Waals surface area contributed by atoms with Crippen molar-refractivity contribution in [3.8, 4) is 0 Å². The van der Waals surface area contributed by atoms with Crippen LogP contribution >= 0.6 is 0 Å². The van der Waals surface area contributed by atoms with E-state index in [0.29, 0.717) is 11.4 Å². The summed E-state index contributed by atoms with van der Waals surface area (Å²) in [6.07, 6.45) is 3.43.